The van der Waals surface area contributed by atoms with Gasteiger partial charge in [0.25, 0.3) is 0 Å². The average molecular weight is 373 g/mol. The third-order valence-corrected chi connectivity index (χ3v) is 4.18. The maximum atomic E-state index is 11.0. The molecular formula is C11H9BrN4O4S. The molecule has 1 atom stereocenters. The number of aromatic nitrogens is 2. The maximum Gasteiger partial charge on any atom is 0.355 e. The Morgan fingerprint density at radius 1 is 1.57 bits per heavy atom. The van der Waals surface area contributed by atoms with Crippen LogP contribution in [0.3, 0.4) is 0 Å². The second kappa shape index (κ2) is 6.14. The number of thiazole rings is 1. The molecule has 110 valence electrons. The number of pyridine rings is 1. The summed E-state index contributed by atoms with van der Waals surface area (Å²) in [6.45, 7) is 1.74. The first-order valence-corrected chi connectivity index (χ1v) is 7.30. The number of hydrogen-bond donors (Lipinski definition) is 2. The summed E-state index contributed by atoms with van der Waals surface area (Å²) in [6.07, 6.45) is 2.58. The Bertz CT molecular complexity index is 705. The summed E-state index contributed by atoms with van der Waals surface area (Å²) in [5, 5.41) is 24.7. The highest BCUT2D eigenvalue weighted by atomic mass is 79.9. The molecule has 2 aromatic rings. The lowest BCUT2D eigenvalue weighted by Gasteiger charge is -2.13. The molecular weight excluding hydrogens is 364 g/mol. The van der Waals surface area contributed by atoms with Crippen molar-refractivity contribution >= 4 is 44.6 Å². The molecule has 2 heterocycles. The predicted molar refractivity (Wildman–Crippen MR) is 79.7 cm³/mol. The molecule has 0 fully saturated rings. The van der Waals surface area contributed by atoms with Crippen molar-refractivity contribution < 1.29 is 14.8 Å². The van der Waals surface area contributed by atoms with Crippen molar-refractivity contribution in [1.29, 1.82) is 0 Å². The molecule has 0 aliphatic carbocycles. The van der Waals surface area contributed by atoms with Gasteiger partial charge >= 0.3 is 11.7 Å². The fourth-order valence-electron chi connectivity index (χ4n) is 1.57. The van der Waals surface area contributed by atoms with Crippen LogP contribution in [0.2, 0.25) is 0 Å². The topological polar surface area (TPSA) is 118 Å². The van der Waals surface area contributed by atoms with Crippen molar-refractivity contribution in [3.05, 3.63) is 43.1 Å². The number of nitrogens with zero attached hydrogens (tertiary/aromatic N) is 3. The molecule has 2 aromatic heterocycles. The summed E-state index contributed by atoms with van der Waals surface area (Å²) in [6, 6.07) is -0.388. The van der Waals surface area contributed by atoms with Crippen molar-refractivity contribution in [2.24, 2.45) is 0 Å². The lowest BCUT2D eigenvalue weighted by molar-refractivity contribution is -0.384. The minimum Gasteiger partial charge on any atom is -0.476 e. The van der Waals surface area contributed by atoms with E-state index in [1.165, 1.54) is 22.9 Å². The Morgan fingerprint density at radius 2 is 2.29 bits per heavy atom. The van der Waals surface area contributed by atoms with Crippen molar-refractivity contribution in [2.75, 3.05) is 5.32 Å². The maximum absolute atomic E-state index is 11.0. The number of nitro groups is 1. The highest BCUT2D eigenvalue weighted by molar-refractivity contribution is 9.10. The van der Waals surface area contributed by atoms with Crippen molar-refractivity contribution in [2.45, 2.75) is 13.0 Å². The summed E-state index contributed by atoms with van der Waals surface area (Å²) >= 11 is 4.37. The second-order valence-corrected chi connectivity index (χ2v) is 5.76. The van der Waals surface area contributed by atoms with E-state index in [1.54, 1.807) is 6.92 Å². The SMILES string of the molecule is CC(Nc1c(Br)cncc1[N+](=O)[O-])c1nc(C(=O)O)cs1. The summed E-state index contributed by atoms with van der Waals surface area (Å²) < 4.78 is 0.443. The molecule has 21 heavy (non-hydrogen) atoms. The Morgan fingerprint density at radius 3 is 2.86 bits per heavy atom. The zero-order chi connectivity index (χ0) is 15.6. The van der Waals surface area contributed by atoms with Gasteiger partial charge in [-0.15, -0.1) is 11.3 Å². The summed E-state index contributed by atoms with van der Waals surface area (Å²) in [5.41, 5.74) is 0.0488. The lowest BCUT2D eigenvalue weighted by atomic mass is 10.3. The second-order valence-electron chi connectivity index (χ2n) is 4.01. The van der Waals surface area contributed by atoms with Gasteiger partial charge in [-0.25, -0.2) is 9.78 Å². The number of hydrogen-bond acceptors (Lipinski definition) is 7. The smallest absolute Gasteiger partial charge is 0.355 e. The van der Waals surface area contributed by atoms with Gasteiger partial charge in [0.2, 0.25) is 0 Å². The number of carboxylic acids is 1. The van der Waals surface area contributed by atoms with Crippen LogP contribution in [0.25, 0.3) is 0 Å². The Labute approximate surface area is 131 Å². The molecule has 1 unspecified atom stereocenters. The monoisotopic (exact) mass is 372 g/mol. The van der Waals surface area contributed by atoms with Gasteiger partial charge in [0.15, 0.2) is 5.69 Å². The number of halogens is 1. The first-order valence-electron chi connectivity index (χ1n) is 5.63. The zero-order valence-corrected chi connectivity index (χ0v) is 13.0. The molecule has 0 spiro atoms. The van der Waals surface area contributed by atoms with E-state index in [9.17, 15) is 14.9 Å². The Hall–Kier alpha value is -2.07. The molecule has 0 amide bonds. The van der Waals surface area contributed by atoms with E-state index in [0.29, 0.717) is 9.48 Å². The van der Waals surface area contributed by atoms with Crippen LogP contribution >= 0.6 is 27.3 Å². The molecule has 8 nitrogen and oxygen atoms in total. The lowest BCUT2D eigenvalue weighted by Crippen LogP contribution is -2.09. The van der Waals surface area contributed by atoms with Crippen molar-refractivity contribution in [1.82, 2.24) is 9.97 Å². The molecule has 0 aromatic carbocycles. The normalized spacial score (nSPS) is 11.9. The van der Waals surface area contributed by atoms with Crippen LogP contribution in [0.5, 0.6) is 0 Å². The van der Waals surface area contributed by atoms with Crippen LogP contribution in [0.4, 0.5) is 11.4 Å². The van der Waals surface area contributed by atoms with E-state index in [2.05, 4.69) is 31.2 Å². The number of carbonyl (C=O) groups is 1. The van der Waals surface area contributed by atoms with Crippen molar-refractivity contribution in [3.63, 3.8) is 0 Å². The molecule has 0 saturated heterocycles. The fraction of sp³-hybridized carbons (Fsp3) is 0.182. The number of anilines is 1. The molecule has 0 radical (unpaired) electrons. The van der Waals surface area contributed by atoms with Crippen molar-refractivity contribution in [3.8, 4) is 0 Å². The summed E-state index contributed by atoms with van der Waals surface area (Å²) in [4.78, 5) is 29.0. The van der Waals surface area contributed by atoms with Gasteiger partial charge in [0, 0.05) is 11.6 Å². The van der Waals surface area contributed by atoms with E-state index in [-0.39, 0.29) is 23.1 Å². The number of rotatable bonds is 5. The predicted octanol–water partition coefficient (Wildman–Crippen LogP) is 3.08. The van der Waals surface area contributed by atoms with Gasteiger partial charge in [0.05, 0.1) is 15.4 Å². The molecule has 10 heteroatoms. The van der Waals surface area contributed by atoms with Gasteiger partial charge in [-0.3, -0.25) is 15.1 Å². The van der Waals surface area contributed by atoms with Gasteiger partial charge in [-0.1, -0.05) is 0 Å². The molecule has 0 saturated carbocycles. The minimum absolute atomic E-state index is 0.0491. The van der Waals surface area contributed by atoms with E-state index >= 15 is 0 Å². The molecule has 2 N–H and O–H groups in total. The van der Waals surface area contributed by atoms with Gasteiger partial charge in [-0.2, -0.15) is 0 Å². The third-order valence-electron chi connectivity index (χ3n) is 2.55. The van der Waals surface area contributed by atoms with Crippen LogP contribution < -0.4 is 5.32 Å². The summed E-state index contributed by atoms with van der Waals surface area (Å²) in [5.74, 6) is -1.11. The van der Waals surface area contributed by atoms with Crippen LogP contribution in [0, 0.1) is 10.1 Å². The third kappa shape index (κ3) is 3.34. The highest BCUT2D eigenvalue weighted by Crippen LogP contribution is 2.34. The molecule has 2 rings (SSSR count). The van der Waals surface area contributed by atoms with E-state index in [1.807, 2.05) is 0 Å². The van der Waals surface area contributed by atoms with Gasteiger partial charge in [-0.05, 0) is 22.9 Å². The largest absolute Gasteiger partial charge is 0.476 e. The molecule has 0 aliphatic heterocycles. The fourth-order valence-corrected chi connectivity index (χ4v) is 2.80. The zero-order valence-electron chi connectivity index (χ0n) is 10.6. The van der Waals surface area contributed by atoms with Gasteiger partial charge in [0.1, 0.15) is 16.9 Å². The van der Waals surface area contributed by atoms with E-state index in [0.717, 1.165) is 6.20 Å². The number of nitrogens with one attached hydrogen (secondary N) is 1. The van der Waals surface area contributed by atoms with Crippen LogP contribution in [-0.2, 0) is 0 Å². The quantitative estimate of drug-likeness (QED) is 0.611. The standard InChI is InChI=1S/C11H9BrN4O4S/c1-5(10-15-7(4-21-10)11(17)18)14-9-6(12)2-13-3-8(9)16(19)20/h2-5H,1H3,(H,13,14)(H,17,18). The van der Waals surface area contributed by atoms with E-state index < -0.39 is 10.9 Å². The van der Waals surface area contributed by atoms with Crippen LogP contribution in [0.1, 0.15) is 28.5 Å². The first kappa shape index (κ1) is 15.3. The molecule has 0 bridgehead atoms. The van der Waals surface area contributed by atoms with Crippen LogP contribution in [0.15, 0.2) is 22.2 Å². The summed E-state index contributed by atoms with van der Waals surface area (Å²) in [7, 11) is 0. The Balaban J connectivity index is 2.28. The van der Waals surface area contributed by atoms with Gasteiger partial charge < -0.3 is 10.4 Å². The number of aromatic carboxylic acids is 1. The first-order chi connectivity index (χ1) is 9.90. The Kier molecular flexibility index (Phi) is 4.48. The van der Waals surface area contributed by atoms with Crippen LogP contribution in [-0.4, -0.2) is 26.0 Å². The minimum atomic E-state index is -1.11. The van der Waals surface area contributed by atoms with E-state index in [4.69, 9.17) is 5.11 Å². The molecule has 0 aliphatic rings. The average Bonchev–Trinajstić information content (AvgIpc) is 2.90. The number of carboxylic acid groups (broad SMARTS) is 1. The highest BCUT2D eigenvalue weighted by Gasteiger charge is 2.21.